The van der Waals surface area contributed by atoms with Crippen LogP contribution in [-0.4, -0.2) is 15.3 Å². The predicted octanol–water partition coefficient (Wildman–Crippen LogP) is 1.46. The number of carbonyl (C=O) groups excluding carboxylic acids is 1. The Balaban J connectivity index is 2.39. The molecule has 7 heteroatoms. The fraction of sp³-hybridized carbons (Fsp3) is 0. The molecule has 0 aliphatic heterocycles. The quantitative estimate of drug-likeness (QED) is 0.483. The molecule has 0 atom stereocenters. The van der Waals surface area contributed by atoms with Crippen molar-refractivity contribution >= 4 is 29.0 Å². The van der Waals surface area contributed by atoms with Crippen molar-refractivity contribution in [3.8, 4) is 11.4 Å². The molecule has 0 unspecified atom stereocenters. The molecule has 2 rings (SSSR count). The highest BCUT2D eigenvalue weighted by Crippen LogP contribution is 2.25. The molecule has 16 heavy (non-hydrogen) atoms. The maximum absolute atomic E-state index is 11.2. The van der Waals surface area contributed by atoms with E-state index in [1.165, 1.54) is 0 Å². The maximum Gasteiger partial charge on any atom is 0.295 e. The summed E-state index contributed by atoms with van der Waals surface area (Å²) >= 11 is 6.95. The predicted molar refractivity (Wildman–Crippen MR) is 62.0 cm³/mol. The van der Waals surface area contributed by atoms with Crippen LogP contribution in [0.15, 0.2) is 24.3 Å². The van der Waals surface area contributed by atoms with Gasteiger partial charge in [0.05, 0.1) is 5.02 Å². The number of carbonyl (C=O) groups is 1. The summed E-state index contributed by atoms with van der Waals surface area (Å²) in [5.41, 5.74) is 2.69. The van der Waals surface area contributed by atoms with E-state index in [0.717, 1.165) is 11.5 Å². The molecule has 0 aliphatic rings. The fourth-order valence-corrected chi connectivity index (χ4v) is 1.93. The zero-order valence-corrected chi connectivity index (χ0v) is 9.55. The van der Waals surface area contributed by atoms with Crippen LogP contribution in [0.1, 0.15) is 9.80 Å². The first-order valence-corrected chi connectivity index (χ1v) is 5.47. The molecule has 0 saturated heterocycles. The van der Waals surface area contributed by atoms with E-state index in [1.807, 2.05) is 17.6 Å². The number of nitrogens with two attached hydrogens (primary N) is 1. The molecule has 1 heterocycles. The fourth-order valence-electron chi connectivity index (χ4n) is 1.13. The van der Waals surface area contributed by atoms with Crippen LogP contribution in [0.3, 0.4) is 0 Å². The van der Waals surface area contributed by atoms with Gasteiger partial charge in [-0.3, -0.25) is 10.2 Å². The van der Waals surface area contributed by atoms with E-state index in [4.69, 9.17) is 17.4 Å². The number of hydrogen-bond acceptors (Lipinski definition) is 5. The summed E-state index contributed by atoms with van der Waals surface area (Å²) in [4.78, 5) is 15.2. The minimum atomic E-state index is -0.462. The Kier molecular flexibility index (Phi) is 3.14. The molecule has 0 fully saturated rings. The molecular formula is C9H7ClN4OS. The lowest BCUT2D eigenvalue weighted by molar-refractivity contribution is 0.0953. The van der Waals surface area contributed by atoms with Crippen LogP contribution in [-0.2, 0) is 0 Å². The number of hydrazine groups is 1. The number of hydrogen-bond donors (Lipinski definition) is 2. The van der Waals surface area contributed by atoms with Crippen molar-refractivity contribution in [2.24, 2.45) is 5.84 Å². The Morgan fingerprint density at radius 1 is 1.44 bits per heavy atom. The first-order chi connectivity index (χ1) is 7.72. The zero-order chi connectivity index (χ0) is 11.5. The van der Waals surface area contributed by atoms with E-state index in [1.54, 1.807) is 12.1 Å². The second-order valence-corrected chi connectivity index (χ2v) is 4.04. The number of amides is 1. The van der Waals surface area contributed by atoms with E-state index in [0.29, 0.717) is 16.4 Å². The second kappa shape index (κ2) is 4.56. The molecule has 2 aromatic rings. The third kappa shape index (κ3) is 2.04. The molecule has 3 N–H and O–H groups in total. The number of aromatic nitrogens is 2. The first kappa shape index (κ1) is 11.0. The third-order valence-electron chi connectivity index (χ3n) is 1.87. The van der Waals surface area contributed by atoms with Crippen LogP contribution < -0.4 is 11.3 Å². The molecule has 1 amide bonds. The van der Waals surface area contributed by atoms with Crippen molar-refractivity contribution in [1.29, 1.82) is 0 Å². The highest BCUT2D eigenvalue weighted by Gasteiger charge is 2.13. The number of nitrogens with zero attached hydrogens (tertiary/aromatic N) is 2. The summed E-state index contributed by atoms with van der Waals surface area (Å²) < 4.78 is 4.05. The van der Waals surface area contributed by atoms with Gasteiger partial charge >= 0.3 is 0 Å². The maximum atomic E-state index is 11.2. The zero-order valence-electron chi connectivity index (χ0n) is 7.98. The van der Waals surface area contributed by atoms with Gasteiger partial charge in [0, 0.05) is 5.56 Å². The number of nitrogens with one attached hydrogen (secondary N) is 1. The summed E-state index contributed by atoms with van der Waals surface area (Å²) in [6.07, 6.45) is 0. The lowest BCUT2D eigenvalue weighted by atomic mass is 10.2. The Labute approximate surface area is 100 Å². The smallest absolute Gasteiger partial charge is 0.288 e. The first-order valence-electron chi connectivity index (χ1n) is 4.32. The SMILES string of the molecule is NNC(=O)c1nc(-c2ccccc2Cl)ns1. The number of rotatable bonds is 2. The van der Waals surface area contributed by atoms with E-state index < -0.39 is 5.91 Å². The van der Waals surface area contributed by atoms with Gasteiger partial charge in [-0.1, -0.05) is 23.7 Å². The number of halogens is 1. The molecule has 0 bridgehead atoms. The highest BCUT2D eigenvalue weighted by atomic mass is 35.5. The van der Waals surface area contributed by atoms with Crippen LogP contribution in [0.4, 0.5) is 0 Å². The van der Waals surface area contributed by atoms with E-state index >= 15 is 0 Å². The van der Waals surface area contributed by atoms with Crippen LogP contribution in [0, 0.1) is 0 Å². The van der Waals surface area contributed by atoms with Gasteiger partial charge in [-0.05, 0) is 23.7 Å². The van der Waals surface area contributed by atoms with Gasteiger partial charge in [0.1, 0.15) is 0 Å². The molecule has 1 aromatic carbocycles. The lowest BCUT2D eigenvalue weighted by Gasteiger charge is -1.97. The van der Waals surface area contributed by atoms with Gasteiger partial charge < -0.3 is 0 Å². The van der Waals surface area contributed by atoms with Crippen LogP contribution in [0.2, 0.25) is 5.02 Å². The average molecular weight is 255 g/mol. The summed E-state index contributed by atoms with van der Waals surface area (Å²) in [7, 11) is 0. The second-order valence-electron chi connectivity index (χ2n) is 2.88. The molecule has 0 aliphatic carbocycles. The minimum absolute atomic E-state index is 0.206. The van der Waals surface area contributed by atoms with Crippen molar-refractivity contribution in [1.82, 2.24) is 14.8 Å². The van der Waals surface area contributed by atoms with Crippen LogP contribution in [0.5, 0.6) is 0 Å². The average Bonchev–Trinajstić information content (AvgIpc) is 2.78. The largest absolute Gasteiger partial charge is 0.295 e. The molecule has 0 saturated carbocycles. The van der Waals surface area contributed by atoms with Crippen LogP contribution >= 0.6 is 23.1 Å². The van der Waals surface area contributed by atoms with Crippen molar-refractivity contribution in [3.63, 3.8) is 0 Å². The van der Waals surface area contributed by atoms with Gasteiger partial charge in [-0.2, -0.15) is 4.37 Å². The van der Waals surface area contributed by atoms with Crippen molar-refractivity contribution in [3.05, 3.63) is 34.3 Å². The summed E-state index contributed by atoms with van der Waals surface area (Å²) in [6.45, 7) is 0. The van der Waals surface area contributed by atoms with Crippen molar-refractivity contribution in [2.75, 3.05) is 0 Å². The summed E-state index contributed by atoms with van der Waals surface area (Å²) in [6, 6.07) is 7.16. The topological polar surface area (TPSA) is 80.9 Å². The Bertz CT molecular complexity index is 528. The van der Waals surface area contributed by atoms with Gasteiger partial charge in [-0.15, -0.1) is 0 Å². The monoisotopic (exact) mass is 254 g/mol. The van der Waals surface area contributed by atoms with Crippen LogP contribution in [0.25, 0.3) is 11.4 Å². The van der Waals surface area contributed by atoms with E-state index in [9.17, 15) is 4.79 Å². The Morgan fingerprint density at radius 3 is 2.88 bits per heavy atom. The summed E-state index contributed by atoms with van der Waals surface area (Å²) in [5, 5.41) is 0.748. The van der Waals surface area contributed by atoms with Gasteiger partial charge in [0.25, 0.3) is 5.91 Å². The van der Waals surface area contributed by atoms with E-state index in [-0.39, 0.29) is 5.01 Å². The molecule has 1 aromatic heterocycles. The third-order valence-corrected chi connectivity index (χ3v) is 2.91. The molecule has 0 spiro atoms. The van der Waals surface area contributed by atoms with Crippen molar-refractivity contribution < 1.29 is 4.79 Å². The van der Waals surface area contributed by atoms with Crippen molar-refractivity contribution in [2.45, 2.75) is 0 Å². The van der Waals surface area contributed by atoms with E-state index in [2.05, 4.69) is 9.36 Å². The summed E-state index contributed by atoms with van der Waals surface area (Å²) in [5.74, 6) is 4.96. The number of benzene rings is 1. The van der Waals surface area contributed by atoms with Gasteiger partial charge in [0.2, 0.25) is 5.01 Å². The standard InChI is InChI=1S/C9H7ClN4OS/c10-6-4-2-1-3-5(6)7-12-9(16-14-7)8(15)13-11/h1-4H,11H2,(H,13,15). The van der Waals surface area contributed by atoms with Gasteiger partial charge in [0.15, 0.2) is 5.82 Å². The normalized spacial score (nSPS) is 10.1. The minimum Gasteiger partial charge on any atom is -0.288 e. The molecule has 82 valence electrons. The molecule has 5 nitrogen and oxygen atoms in total. The Morgan fingerprint density at radius 2 is 2.19 bits per heavy atom. The molecular weight excluding hydrogens is 248 g/mol. The number of nitrogen functional groups attached to an aromatic ring is 1. The highest BCUT2D eigenvalue weighted by molar-refractivity contribution is 7.07. The van der Waals surface area contributed by atoms with Gasteiger partial charge in [-0.25, -0.2) is 10.8 Å². The Hall–Kier alpha value is -1.50. The lowest BCUT2D eigenvalue weighted by Crippen LogP contribution is -2.29. The molecule has 0 radical (unpaired) electrons.